The van der Waals surface area contributed by atoms with Gasteiger partial charge in [-0.05, 0) is 24.8 Å². The Labute approximate surface area is 150 Å². The molecule has 0 unspecified atom stereocenters. The van der Waals surface area contributed by atoms with E-state index < -0.39 is 4.92 Å². The first-order valence-electron chi connectivity index (χ1n) is 7.56. The van der Waals surface area contributed by atoms with Crippen LogP contribution in [0.4, 0.5) is 5.69 Å². The Hall–Kier alpha value is -3.27. The topological polar surface area (TPSA) is 108 Å². The van der Waals surface area contributed by atoms with Crippen molar-refractivity contribution in [3.05, 3.63) is 62.7 Å². The lowest BCUT2D eigenvalue weighted by atomic mass is 10.1. The first kappa shape index (κ1) is 16.2. The Morgan fingerprint density at radius 1 is 1.27 bits per heavy atom. The van der Waals surface area contributed by atoms with Crippen molar-refractivity contribution in [2.24, 2.45) is 0 Å². The number of pyridine rings is 1. The van der Waals surface area contributed by atoms with Gasteiger partial charge in [0.15, 0.2) is 0 Å². The van der Waals surface area contributed by atoms with E-state index in [1.807, 2.05) is 6.26 Å². The predicted molar refractivity (Wildman–Crippen MR) is 97.1 cm³/mol. The lowest BCUT2D eigenvalue weighted by molar-refractivity contribution is -0.384. The molecule has 0 saturated carbocycles. The van der Waals surface area contributed by atoms with E-state index in [2.05, 4.69) is 15.1 Å². The number of nitro groups is 1. The van der Waals surface area contributed by atoms with Crippen LogP contribution in [-0.4, -0.2) is 35.3 Å². The van der Waals surface area contributed by atoms with Crippen molar-refractivity contribution in [3.8, 4) is 5.69 Å². The predicted octanol–water partition coefficient (Wildman–Crippen LogP) is 2.37. The molecular formula is C16H12N6O3S. The summed E-state index contributed by atoms with van der Waals surface area (Å²) < 4.78 is 2.90. The molecule has 0 aliphatic rings. The molecule has 1 aromatic carbocycles. The summed E-state index contributed by atoms with van der Waals surface area (Å²) in [6.45, 7) is 1.79. The third-order valence-electron chi connectivity index (χ3n) is 4.06. The zero-order valence-corrected chi connectivity index (χ0v) is 14.6. The summed E-state index contributed by atoms with van der Waals surface area (Å²) in [5.74, 6) is 0.408. The fraction of sp³-hybridized carbons (Fsp3) is 0.125. The van der Waals surface area contributed by atoms with Crippen molar-refractivity contribution in [2.45, 2.75) is 12.1 Å². The molecule has 10 heteroatoms. The van der Waals surface area contributed by atoms with Crippen molar-refractivity contribution < 1.29 is 4.92 Å². The van der Waals surface area contributed by atoms with Gasteiger partial charge < -0.3 is 0 Å². The summed E-state index contributed by atoms with van der Waals surface area (Å²) in [4.78, 5) is 32.0. The number of hydrogen-bond donors (Lipinski definition) is 0. The van der Waals surface area contributed by atoms with Gasteiger partial charge in [0.05, 0.1) is 21.5 Å². The van der Waals surface area contributed by atoms with Crippen molar-refractivity contribution >= 4 is 34.1 Å². The maximum Gasteiger partial charge on any atom is 0.271 e. The molecule has 0 aliphatic heterocycles. The molecular weight excluding hydrogens is 356 g/mol. The molecule has 4 aromatic rings. The molecule has 0 bridgehead atoms. The summed E-state index contributed by atoms with van der Waals surface area (Å²) in [7, 11) is 0. The second-order valence-electron chi connectivity index (χ2n) is 5.59. The minimum absolute atomic E-state index is 0.0768. The van der Waals surface area contributed by atoms with Gasteiger partial charge >= 0.3 is 0 Å². The van der Waals surface area contributed by atoms with Gasteiger partial charge in [0.25, 0.3) is 17.0 Å². The smallest absolute Gasteiger partial charge is 0.271 e. The third kappa shape index (κ3) is 2.42. The fourth-order valence-corrected chi connectivity index (χ4v) is 3.08. The number of thioether (sulfide) groups is 1. The Morgan fingerprint density at radius 3 is 2.81 bits per heavy atom. The van der Waals surface area contributed by atoms with E-state index >= 15 is 0 Å². The van der Waals surface area contributed by atoms with E-state index in [1.165, 1.54) is 39.2 Å². The van der Waals surface area contributed by atoms with Crippen molar-refractivity contribution in [1.29, 1.82) is 0 Å². The summed E-state index contributed by atoms with van der Waals surface area (Å²) in [5.41, 5.74) is 1.37. The van der Waals surface area contributed by atoms with Gasteiger partial charge in [0.1, 0.15) is 0 Å². The molecule has 0 saturated heterocycles. The average Bonchev–Trinajstić information content (AvgIpc) is 3.06. The highest BCUT2D eigenvalue weighted by atomic mass is 32.2. The fourth-order valence-electron chi connectivity index (χ4n) is 2.75. The molecule has 0 fully saturated rings. The number of nitrogens with zero attached hydrogens (tertiary/aromatic N) is 6. The molecule has 0 N–H and O–H groups in total. The maximum atomic E-state index is 13.0. The number of hydrogen-bond acceptors (Lipinski definition) is 7. The lowest BCUT2D eigenvalue weighted by Gasteiger charge is -2.10. The van der Waals surface area contributed by atoms with Gasteiger partial charge in [0.2, 0.25) is 5.16 Å². The van der Waals surface area contributed by atoms with E-state index in [0.29, 0.717) is 27.5 Å². The van der Waals surface area contributed by atoms with E-state index in [0.717, 1.165) is 5.56 Å². The molecule has 3 heterocycles. The molecule has 3 aromatic heterocycles. The Bertz CT molecular complexity index is 1250. The zero-order chi connectivity index (χ0) is 18.4. The van der Waals surface area contributed by atoms with Crippen molar-refractivity contribution in [1.82, 2.24) is 24.1 Å². The van der Waals surface area contributed by atoms with Crippen LogP contribution in [0.2, 0.25) is 0 Å². The third-order valence-corrected chi connectivity index (χ3v) is 4.60. The van der Waals surface area contributed by atoms with Gasteiger partial charge in [-0.2, -0.15) is 9.50 Å². The molecule has 26 heavy (non-hydrogen) atoms. The SMILES string of the molecule is CSc1nc2ncc3c(=O)n(-c4cc([N+](=O)[O-])ccc4C)ccc3n2n1. The average molecular weight is 368 g/mol. The molecule has 130 valence electrons. The van der Waals surface area contributed by atoms with Crippen LogP contribution >= 0.6 is 11.8 Å². The van der Waals surface area contributed by atoms with Crippen molar-refractivity contribution in [3.63, 3.8) is 0 Å². The van der Waals surface area contributed by atoms with Gasteiger partial charge in [-0.15, -0.1) is 5.10 Å². The summed E-state index contributed by atoms with van der Waals surface area (Å²) >= 11 is 1.38. The molecule has 4 rings (SSSR count). The van der Waals surface area contributed by atoms with E-state index in [1.54, 1.807) is 25.3 Å². The summed E-state index contributed by atoms with van der Waals surface area (Å²) in [6, 6.07) is 6.14. The highest BCUT2D eigenvalue weighted by Gasteiger charge is 2.15. The van der Waals surface area contributed by atoms with E-state index in [9.17, 15) is 14.9 Å². The van der Waals surface area contributed by atoms with Crippen LogP contribution in [-0.2, 0) is 0 Å². The monoisotopic (exact) mass is 368 g/mol. The number of non-ortho nitro benzene ring substituents is 1. The van der Waals surface area contributed by atoms with Gasteiger partial charge in [-0.1, -0.05) is 17.8 Å². The Morgan fingerprint density at radius 2 is 2.08 bits per heavy atom. The minimum atomic E-state index is -0.487. The van der Waals surface area contributed by atoms with E-state index in [-0.39, 0.29) is 11.2 Å². The number of nitro benzene ring substituents is 1. The molecule has 0 aliphatic carbocycles. The van der Waals surface area contributed by atoms with Gasteiger partial charge in [0, 0.05) is 24.5 Å². The zero-order valence-electron chi connectivity index (χ0n) is 13.8. The standard InChI is InChI=1S/C16H12N6O3S/c1-9-3-4-10(22(24)25)7-13(9)20-6-5-12-11(14(20)23)8-17-15-18-16(26-2)19-21(12)15/h3-8H,1-2H3. The maximum absolute atomic E-state index is 13.0. The number of aryl methyl sites for hydroxylation is 1. The van der Waals surface area contributed by atoms with Crippen LogP contribution < -0.4 is 5.56 Å². The number of rotatable bonds is 3. The van der Waals surface area contributed by atoms with Crippen LogP contribution in [0.1, 0.15) is 5.56 Å². The first-order valence-corrected chi connectivity index (χ1v) is 8.78. The molecule has 0 atom stereocenters. The second kappa shape index (κ2) is 5.92. The normalized spacial score (nSPS) is 11.3. The van der Waals surface area contributed by atoms with Gasteiger partial charge in [-0.3, -0.25) is 19.5 Å². The van der Waals surface area contributed by atoms with Crippen LogP contribution in [0, 0.1) is 17.0 Å². The quantitative estimate of drug-likeness (QED) is 0.310. The lowest BCUT2D eigenvalue weighted by Crippen LogP contribution is -2.19. The van der Waals surface area contributed by atoms with Crippen LogP contribution in [0.3, 0.4) is 0 Å². The number of fused-ring (bicyclic) bond motifs is 3. The van der Waals surface area contributed by atoms with Crippen LogP contribution in [0.5, 0.6) is 0 Å². The molecule has 0 radical (unpaired) electrons. The van der Waals surface area contributed by atoms with Crippen LogP contribution in [0.25, 0.3) is 22.4 Å². The summed E-state index contributed by atoms with van der Waals surface area (Å²) in [5, 5.41) is 16.3. The summed E-state index contributed by atoms with van der Waals surface area (Å²) in [6.07, 6.45) is 4.89. The Kier molecular flexibility index (Phi) is 3.69. The Balaban J connectivity index is 2.00. The van der Waals surface area contributed by atoms with Crippen LogP contribution in [0.15, 0.2) is 46.6 Å². The van der Waals surface area contributed by atoms with Gasteiger partial charge in [-0.25, -0.2) is 4.98 Å². The van der Waals surface area contributed by atoms with Crippen molar-refractivity contribution in [2.75, 3.05) is 6.26 Å². The minimum Gasteiger partial charge on any atom is -0.283 e. The molecule has 0 amide bonds. The van der Waals surface area contributed by atoms with E-state index in [4.69, 9.17) is 0 Å². The highest BCUT2D eigenvalue weighted by Crippen LogP contribution is 2.21. The molecule has 0 spiro atoms. The highest BCUT2D eigenvalue weighted by molar-refractivity contribution is 7.98. The number of aromatic nitrogens is 5. The number of benzene rings is 1. The molecule has 9 nitrogen and oxygen atoms in total. The largest absolute Gasteiger partial charge is 0.283 e. The second-order valence-corrected chi connectivity index (χ2v) is 6.36. The first-order chi connectivity index (χ1) is 12.5.